The summed E-state index contributed by atoms with van der Waals surface area (Å²) in [6.07, 6.45) is 1.87. The fourth-order valence-electron chi connectivity index (χ4n) is 3.48. The Hall–Kier alpha value is -2.70. The first-order valence-corrected chi connectivity index (χ1v) is 10.7. The maximum absolute atomic E-state index is 13.9. The van der Waals surface area contributed by atoms with E-state index in [1.54, 1.807) is 18.2 Å². The van der Waals surface area contributed by atoms with Crippen LogP contribution in [0.2, 0.25) is 5.02 Å². The number of hydrogen-bond acceptors (Lipinski definition) is 3. The van der Waals surface area contributed by atoms with Crippen molar-refractivity contribution < 1.29 is 9.18 Å². The molecule has 0 spiro atoms. The molecule has 1 saturated heterocycles. The van der Waals surface area contributed by atoms with Crippen LogP contribution in [0.1, 0.15) is 22.5 Å². The van der Waals surface area contributed by atoms with Crippen LogP contribution < -0.4 is 10.6 Å². The number of benzene rings is 2. The Balaban J connectivity index is 1.60. The van der Waals surface area contributed by atoms with E-state index < -0.39 is 5.50 Å². The molecule has 1 aliphatic rings. The molecule has 3 aromatic rings. The average molecular weight is 442 g/mol. The summed E-state index contributed by atoms with van der Waals surface area (Å²) in [6.45, 7) is 6.01. The molecule has 0 radical (unpaired) electrons. The zero-order valence-corrected chi connectivity index (χ0v) is 18.4. The van der Waals surface area contributed by atoms with Gasteiger partial charge in [0.2, 0.25) is 0 Å². The number of halogens is 2. The first-order chi connectivity index (χ1) is 14.3. The van der Waals surface area contributed by atoms with Crippen molar-refractivity contribution in [1.29, 1.82) is 0 Å². The number of hydrogen-bond donors (Lipinski definition) is 2. The van der Waals surface area contributed by atoms with Gasteiger partial charge in [-0.1, -0.05) is 41.6 Å². The van der Waals surface area contributed by atoms with E-state index in [1.165, 1.54) is 17.8 Å². The molecule has 1 aliphatic heterocycles. The van der Waals surface area contributed by atoms with Gasteiger partial charge in [0.25, 0.3) is 5.91 Å². The van der Waals surface area contributed by atoms with Crippen molar-refractivity contribution in [1.82, 2.24) is 9.88 Å². The molecule has 154 valence electrons. The molecular weight excluding hydrogens is 421 g/mol. The molecule has 0 aliphatic carbocycles. The van der Waals surface area contributed by atoms with Crippen LogP contribution in [0.15, 0.2) is 53.4 Å². The van der Waals surface area contributed by atoms with E-state index in [9.17, 15) is 9.18 Å². The summed E-state index contributed by atoms with van der Waals surface area (Å²) in [6, 6.07) is 14.4. The van der Waals surface area contributed by atoms with Crippen molar-refractivity contribution in [3.8, 4) is 5.69 Å². The van der Waals surface area contributed by atoms with E-state index in [1.807, 2.05) is 51.1 Å². The van der Waals surface area contributed by atoms with Crippen molar-refractivity contribution >= 4 is 41.0 Å². The number of aromatic nitrogens is 1. The Bertz CT molecular complexity index is 1170. The number of amides is 1. The summed E-state index contributed by atoms with van der Waals surface area (Å²) >= 11 is 7.64. The maximum atomic E-state index is 13.9. The Morgan fingerprint density at radius 3 is 2.67 bits per heavy atom. The molecule has 1 fully saturated rings. The lowest BCUT2D eigenvalue weighted by atomic mass is 10.2. The first-order valence-electron chi connectivity index (χ1n) is 9.49. The predicted molar refractivity (Wildman–Crippen MR) is 123 cm³/mol. The fraction of sp³-hybridized carbons (Fsp3) is 0.174. The number of para-hydroxylation sites is 1. The quantitative estimate of drug-likeness (QED) is 0.503. The number of rotatable bonds is 4. The van der Waals surface area contributed by atoms with Crippen molar-refractivity contribution in [2.45, 2.75) is 26.3 Å². The molecule has 2 heterocycles. The van der Waals surface area contributed by atoms with Gasteiger partial charge in [0, 0.05) is 22.1 Å². The first kappa shape index (κ1) is 20.6. The Morgan fingerprint density at radius 1 is 1.17 bits per heavy atom. The van der Waals surface area contributed by atoms with Crippen LogP contribution in [0.25, 0.3) is 11.8 Å². The van der Waals surface area contributed by atoms with Gasteiger partial charge in [-0.2, -0.15) is 0 Å². The Morgan fingerprint density at radius 2 is 1.93 bits per heavy atom. The standard InChI is InChI=1S/C23H21ClFN3OS/c1-13-8-9-17(12-18(13)24)28-14(2)10-16(15(28)3)11-21-22(29)27-23(30-21)26-20-7-5-4-6-19(20)25/h4-12,23,26H,1-3H3,(H,27,29)/b21-11-. The number of aryl methyl sites for hydroxylation is 2. The second-order valence-corrected chi connectivity index (χ2v) is 8.75. The molecule has 1 amide bonds. The van der Waals surface area contributed by atoms with Gasteiger partial charge in [-0.05, 0) is 68.3 Å². The lowest BCUT2D eigenvalue weighted by Gasteiger charge is -2.13. The average Bonchev–Trinajstić information content (AvgIpc) is 3.18. The number of carbonyl (C=O) groups is 1. The van der Waals surface area contributed by atoms with Crippen LogP contribution in [0, 0.1) is 26.6 Å². The molecule has 7 heteroatoms. The highest BCUT2D eigenvalue weighted by Crippen LogP contribution is 2.33. The minimum absolute atomic E-state index is 0.183. The van der Waals surface area contributed by atoms with Crippen LogP contribution in [-0.2, 0) is 4.79 Å². The largest absolute Gasteiger partial charge is 0.354 e. The van der Waals surface area contributed by atoms with Gasteiger partial charge in [0.05, 0.1) is 10.6 Å². The monoisotopic (exact) mass is 441 g/mol. The molecule has 2 N–H and O–H groups in total. The third-order valence-electron chi connectivity index (χ3n) is 5.06. The maximum Gasteiger partial charge on any atom is 0.260 e. The molecule has 2 aromatic carbocycles. The summed E-state index contributed by atoms with van der Waals surface area (Å²) in [7, 11) is 0. The van der Waals surface area contributed by atoms with Gasteiger partial charge in [-0.15, -0.1) is 0 Å². The molecule has 0 saturated carbocycles. The SMILES string of the molecule is Cc1ccc(-n2c(C)cc(/C=C3\SC(Nc4ccccc4F)NC3=O)c2C)cc1Cl. The van der Waals surface area contributed by atoms with Gasteiger partial charge in [-0.25, -0.2) is 4.39 Å². The zero-order chi connectivity index (χ0) is 21.4. The lowest BCUT2D eigenvalue weighted by molar-refractivity contribution is -0.116. The van der Waals surface area contributed by atoms with E-state index in [-0.39, 0.29) is 11.7 Å². The Kier molecular flexibility index (Phi) is 5.62. The molecule has 30 heavy (non-hydrogen) atoms. The van der Waals surface area contributed by atoms with E-state index in [0.29, 0.717) is 15.6 Å². The molecular formula is C23H21ClFN3OS. The highest BCUT2D eigenvalue weighted by Gasteiger charge is 2.28. The molecule has 1 aromatic heterocycles. The highest BCUT2D eigenvalue weighted by molar-refractivity contribution is 8.05. The van der Waals surface area contributed by atoms with Crippen molar-refractivity contribution in [3.63, 3.8) is 0 Å². The normalized spacial score (nSPS) is 17.4. The number of thioether (sulfide) groups is 1. The van der Waals surface area contributed by atoms with E-state index in [2.05, 4.69) is 15.2 Å². The molecule has 4 rings (SSSR count). The lowest BCUT2D eigenvalue weighted by Crippen LogP contribution is -2.31. The van der Waals surface area contributed by atoms with Gasteiger partial charge in [0.1, 0.15) is 5.82 Å². The minimum atomic E-state index is -0.431. The van der Waals surface area contributed by atoms with Crippen molar-refractivity contribution in [2.75, 3.05) is 5.32 Å². The van der Waals surface area contributed by atoms with Gasteiger partial charge in [-0.3, -0.25) is 4.79 Å². The number of nitrogens with one attached hydrogen (secondary N) is 2. The minimum Gasteiger partial charge on any atom is -0.354 e. The van der Waals surface area contributed by atoms with E-state index >= 15 is 0 Å². The number of nitrogens with zero attached hydrogens (tertiary/aromatic N) is 1. The number of carbonyl (C=O) groups excluding carboxylic acids is 1. The van der Waals surface area contributed by atoms with Gasteiger partial charge >= 0.3 is 0 Å². The second kappa shape index (κ2) is 8.20. The molecule has 1 atom stereocenters. The van der Waals surface area contributed by atoms with Gasteiger partial charge in [0.15, 0.2) is 5.50 Å². The summed E-state index contributed by atoms with van der Waals surface area (Å²) < 4.78 is 16.0. The van der Waals surface area contributed by atoms with E-state index in [4.69, 9.17) is 11.6 Å². The van der Waals surface area contributed by atoms with Crippen molar-refractivity contribution in [3.05, 3.63) is 86.8 Å². The summed E-state index contributed by atoms with van der Waals surface area (Å²) in [4.78, 5) is 13.0. The van der Waals surface area contributed by atoms with Crippen molar-refractivity contribution in [2.24, 2.45) is 0 Å². The molecule has 1 unspecified atom stereocenters. The topological polar surface area (TPSA) is 46.1 Å². The third kappa shape index (κ3) is 3.98. The second-order valence-electron chi connectivity index (χ2n) is 7.20. The number of anilines is 1. The molecule has 4 nitrogen and oxygen atoms in total. The third-order valence-corrected chi connectivity index (χ3v) is 6.50. The van der Waals surface area contributed by atoms with Crippen LogP contribution >= 0.6 is 23.4 Å². The summed E-state index contributed by atoms with van der Waals surface area (Å²) in [5, 5.41) is 6.57. The summed E-state index contributed by atoms with van der Waals surface area (Å²) in [5.74, 6) is -0.540. The van der Waals surface area contributed by atoms with Crippen LogP contribution in [-0.4, -0.2) is 16.0 Å². The smallest absolute Gasteiger partial charge is 0.260 e. The van der Waals surface area contributed by atoms with Crippen LogP contribution in [0.4, 0.5) is 10.1 Å². The predicted octanol–water partition coefficient (Wildman–Crippen LogP) is 5.79. The molecule has 0 bridgehead atoms. The van der Waals surface area contributed by atoms with E-state index in [0.717, 1.165) is 28.2 Å². The highest BCUT2D eigenvalue weighted by atomic mass is 35.5. The van der Waals surface area contributed by atoms with Crippen LogP contribution in [0.5, 0.6) is 0 Å². The zero-order valence-electron chi connectivity index (χ0n) is 16.8. The fourth-order valence-corrected chi connectivity index (χ4v) is 4.62. The Labute approximate surface area is 184 Å². The van der Waals surface area contributed by atoms with Gasteiger partial charge < -0.3 is 15.2 Å². The summed E-state index contributed by atoms with van der Waals surface area (Å²) in [5.41, 5.74) is 4.94. The van der Waals surface area contributed by atoms with Crippen LogP contribution in [0.3, 0.4) is 0 Å².